The molecule has 4 unspecified atom stereocenters. The molecule has 4 atom stereocenters. The van der Waals surface area contributed by atoms with E-state index in [9.17, 15) is 19.5 Å². The number of likely N-dealkylation sites (tertiary alicyclic amines) is 1. The van der Waals surface area contributed by atoms with Crippen LogP contribution in [0.3, 0.4) is 0 Å². The quantitative estimate of drug-likeness (QED) is 0.849. The number of urea groups is 1. The number of benzene rings is 1. The number of carboxylic acids is 1. The minimum absolute atomic E-state index is 0.0423. The molecular formula is C20H27N3O4. The fourth-order valence-corrected chi connectivity index (χ4v) is 4.14. The molecule has 3 amide bonds. The highest BCUT2D eigenvalue weighted by atomic mass is 16.4. The monoisotopic (exact) mass is 373 g/mol. The summed E-state index contributed by atoms with van der Waals surface area (Å²) >= 11 is 0. The van der Waals surface area contributed by atoms with Gasteiger partial charge in [0.1, 0.15) is 6.04 Å². The van der Waals surface area contributed by atoms with Crippen molar-refractivity contribution in [3.63, 3.8) is 0 Å². The molecule has 0 bridgehead atoms. The van der Waals surface area contributed by atoms with Crippen LogP contribution < -0.4 is 10.2 Å². The van der Waals surface area contributed by atoms with E-state index in [1.165, 1.54) is 4.90 Å². The molecule has 0 spiro atoms. The topological polar surface area (TPSA) is 90.0 Å². The minimum Gasteiger partial charge on any atom is -0.481 e. The Kier molecular flexibility index (Phi) is 5.39. The fourth-order valence-electron chi connectivity index (χ4n) is 4.14. The van der Waals surface area contributed by atoms with E-state index < -0.39 is 17.9 Å². The number of carbonyl (C=O) groups excluding carboxylic acids is 2. The number of aliphatic carboxylic acids is 1. The van der Waals surface area contributed by atoms with Crippen molar-refractivity contribution in [3.8, 4) is 0 Å². The predicted molar refractivity (Wildman–Crippen MR) is 102 cm³/mol. The summed E-state index contributed by atoms with van der Waals surface area (Å²) in [6.07, 6.45) is 1.36. The van der Waals surface area contributed by atoms with Crippen molar-refractivity contribution in [1.82, 2.24) is 10.2 Å². The van der Waals surface area contributed by atoms with Gasteiger partial charge in [0.25, 0.3) is 0 Å². The molecule has 2 N–H and O–H groups in total. The third-order valence-corrected chi connectivity index (χ3v) is 5.45. The molecule has 1 saturated heterocycles. The van der Waals surface area contributed by atoms with Gasteiger partial charge in [0.15, 0.2) is 0 Å². The molecule has 146 valence electrons. The highest BCUT2D eigenvalue weighted by Gasteiger charge is 2.36. The Morgan fingerprint density at radius 2 is 1.89 bits per heavy atom. The maximum atomic E-state index is 13.0. The van der Waals surface area contributed by atoms with Gasteiger partial charge in [-0.05, 0) is 44.2 Å². The lowest BCUT2D eigenvalue weighted by Crippen LogP contribution is -2.55. The van der Waals surface area contributed by atoms with E-state index in [1.807, 2.05) is 38.1 Å². The largest absolute Gasteiger partial charge is 0.481 e. The third-order valence-electron chi connectivity index (χ3n) is 5.45. The lowest BCUT2D eigenvalue weighted by Gasteiger charge is -2.35. The zero-order valence-corrected chi connectivity index (χ0v) is 16.0. The Hall–Kier alpha value is -2.57. The number of carbonyl (C=O) groups is 3. The van der Waals surface area contributed by atoms with Crippen LogP contribution in [-0.4, -0.2) is 53.1 Å². The molecule has 7 nitrogen and oxygen atoms in total. The first-order valence-electron chi connectivity index (χ1n) is 9.47. The Balaban J connectivity index is 1.66. The van der Waals surface area contributed by atoms with Crippen molar-refractivity contribution in [2.75, 3.05) is 18.0 Å². The summed E-state index contributed by atoms with van der Waals surface area (Å²) in [6.45, 7) is 6.29. The Bertz CT molecular complexity index is 750. The summed E-state index contributed by atoms with van der Waals surface area (Å²) in [5.41, 5.74) is 2.03. The van der Waals surface area contributed by atoms with Crippen LogP contribution in [0, 0.1) is 11.8 Å². The lowest BCUT2D eigenvalue weighted by atomic mass is 9.91. The van der Waals surface area contributed by atoms with Gasteiger partial charge in [0.05, 0.1) is 5.92 Å². The molecule has 2 aliphatic heterocycles. The van der Waals surface area contributed by atoms with Gasteiger partial charge in [-0.2, -0.15) is 0 Å². The molecule has 0 radical (unpaired) electrons. The zero-order chi connectivity index (χ0) is 19.7. The smallest absolute Gasteiger partial charge is 0.318 e. The number of para-hydroxylation sites is 1. The minimum atomic E-state index is -0.883. The Morgan fingerprint density at radius 3 is 2.59 bits per heavy atom. The van der Waals surface area contributed by atoms with Crippen molar-refractivity contribution in [3.05, 3.63) is 29.8 Å². The van der Waals surface area contributed by atoms with Gasteiger partial charge in [-0.1, -0.05) is 25.1 Å². The number of piperidine rings is 1. The average molecular weight is 373 g/mol. The van der Waals surface area contributed by atoms with Crippen LogP contribution in [0.5, 0.6) is 0 Å². The van der Waals surface area contributed by atoms with Gasteiger partial charge in [0, 0.05) is 24.8 Å². The Morgan fingerprint density at radius 1 is 1.19 bits per heavy atom. The van der Waals surface area contributed by atoms with Gasteiger partial charge in [-0.15, -0.1) is 0 Å². The van der Waals surface area contributed by atoms with Crippen molar-refractivity contribution in [2.45, 2.75) is 45.7 Å². The normalized spacial score (nSPS) is 25.7. The van der Waals surface area contributed by atoms with Gasteiger partial charge >= 0.3 is 12.0 Å². The number of nitrogens with one attached hydrogen (secondary N) is 1. The number of carboxylic acid groups (broad SMARTS) is 1. The van der Waals surface area contributed by atoms with Crippen LogP contribution in [0.25, 0.3) is 0 Å². The van der Waals surface area contributed by atoms with Crippen LogP contribution in [-0.2, 0) is 16.0 Å². The second-order valence-electron chi connectivity index (χ2n) is 7.84. The summed E-state index contributed by atoms with van der Waals surface area (Å²) in [5.74, 6) is -1.48. The van der Waals surface area contributed by atoms with Crippen molar-refractivity contribution < 1.29 is 19.5 Å². The van der Waals surface area contributed by atoms with Crippen molar-refractivity contribution in [2.24, 2.45) is 11.8 Å². The number of hydrogen-bond acceptors (Lipinski definition) is 3. The first kappa shape index (κ1) is 19.2. The number of nitrogens with zero attached hydrogens (tertiary/aromatic N) is 2. The van der Waals surface area contributed by atoms with Crippen LogP contribution in [0.1, 0.15) is 32.8 Å². The molecule has 0 aromatic heterocycles. The molecular weight excluding hydrogens is 346 g/mol. The van der Waals surface area contributed by atoms with Crippen LogP contribution >= 0.6 is 0 Å². The van der Waals surface area contributed by atoms with Crippen molar-refractivity contribution >= 4 is 23.6 Å². The number of anilines is 1. The first-order valence-corrected chi connectivity index (χ1v) is 9.47. The highest BCUT2D eigenvalue weighted by molar-refractivity contribution is 6.01. The summed E-state index contributed by atoms with van der Waals surface area (Å²) in [6, 6.07) is 6.78. The molecule has 1 aromatic carbocycles. The Labute approximate surface area is 159 Å². The SMILES string of the molecule is CC1CC(C(=O)O)CN(C(=O)NC(C)C(=O)N2c3ccccc3CC2C)C1. The lowest BCUT2D eigenvalue weighted by molar-refractivity contribution is -0.143. The molecule has 2 heterocycles. The molecule has 27 heavy (non-hydrogen) atoms. The molecule has 0 aliphatic carbocycles. The van der Waals surface area contributed by atoms with E-state index in [2.05, 4.69) is 5.32 Å². The third kappa shape index (κ3) is 3.91. The maximum Gasteiger partial charge on any atom is 0.318 e. The fraction of sp³-hybridized carbons (Fsp3) is 0.550. The molecule has 0 saturated carbocycles. The second-order valence-corrected chi connectivity index (χ2v) is 7.84. The average Bonchev–Trinajstić information content (AvgIpc) is 2.96. The predicted octanol–water partition coefficient (Wildman–Crippen LogP) is 2.10. The summed E-state index contributed by atoms with van der Waals surface area (Å²) in [7, 11) is 0. The molecule has 3 rings (SSSR count). The highest BCUT2D eigenvalue weighted by Crippen LogP contribution is 2.32. The summed E-state index contributed by atoms with van der Waals surface area (Å²) < 4.78 is 0. The number of fused-ring (bicyclic) bond motifs is 1. The van der Waals surface area contributed by atoms with Crippen LogP contribution in [0.15, 0.2) is 24.3 Å². The molecule has 1 aromatic rings. The van der Waals surface area contributed by atoms with Gasteiger partial charge in [-0.3, -0.25) is 9.59 Å². The van der Waals surface area contributed by atoms with Crippen LogP contribution in [0.4, 0.5) is 10.5 Å². The molecule has 1 fully saturated rings. The molecule has 7 heteroatoms. The van der Waals surface area contributed by atoms with Gasteiger partial charge in [0.2, 0.25) is 5.91 Å². The van der Waals surface area contributed by atoms with E-state index in [0.717, 1.165) is 17.7 Å². The van der Waals surface area contributed by atoms with Crippen LogP contribution in [0.2, 0.25) is 0 Å². The number of hydrogen-bond donors (Lipinski definition) is 2. The van der Waals surface area contributed by atoms with Gasteiger partial charge in [-0.25, -0.2) is 4.79 Å². The summed E-state index contributed by atoms with van der Waals surface area (Å²) in [5, 5.41) is 12.0. The standard InChI is InChI=1S/C20H27N3O4/c1-12-8-16(19(25)26)11-22(10-12)20(27)21-14(3)18(24)23-13(2)9-15-6-4-5-7-17(15)23/h4-7,12-14,16H,8-11H2,1-3H3,(H,21,27)(H,25,26). The summed E-state index contributed by atoms with van der Waals surface area (Å²) in [4.78, 5) is 40.2. The number of rotatable bonds is 3. The zero-order valence-electron chi connectivity index (χ0n) is 16.0. The maximum absolute atomic E-state index is 13.0. The van der Waals surface area contributed by atoms with E-state index in [1.54, 1.807) is 11.8 Å². The van der Waals surface area contributed by atoms with E-state index in [4.69, 9.17) is 0 Å². The second kappa shape index (κ2) is 7.58. The first-order chi connectivity index (χ1) is 12.8. The van der Waals surface area contributed by atoms with E-state index >= 15 is 0 Å². The van der Waals surface area contributed by atoms with E-state index in [0.29, 0.717) is 13.0 Å². The van der Waals surface area contributed by atoms with E-state index in [-0.39, 0.29) is 30.4 Å². The van der Waals surface area contributed by atoms with Crippen molar-refractivity contribution in [1.29, 1.82) is 0 Å². The molecule has 2 aliphatic rings. The number of amides is 3. The van der Waals surface area contributed by atoms with Gasteiger partial charge < -0.3 is 20.2 Å².